The molecule has 0 spiro atoms. The predicted molar refractivity (Wildman–Crippen MR) is 125 cm³/mol. The van der Waals surface area contributed by atoms with Gasteiger partial charge in [-0.25, -0.2) is 8.42 Å². The van der Waals surface area contributed by atoms with Gasteiger partial charge in [-0.2, -0.15) is 0 Å². The van der Waals surface area contributed by atoms with Crippen LogP contribution in [-0.4, -0.2) is 20.6 Å². The van der Waals surface area contributed by atoms with Gasteiger partial charge >= 0.3 is 0 Å². The van der Waals surface area contributed by atoms with Crippen molar-refractivity contribution in [2.45, 2.75) is 0 Å². The van der Waals surface area contributed by atoms with Gasteiger partial charge in [0.1, 0.15) is 0 Å². The summed E-state index contributed by atoms with van der Waals surface area (Å²) in [4.78, 5) is 11.9. The number of anilines is 4. The Morgan fingerprint density at radius 2 is 1.33 bits per heavy atom. The Kier molecular flexibility index (Phi) is 7.93. The Hall–Kier alpha value is -2.94. The zero-order valence-corrected chi connectivity index (χ0v) is 18.2. The molecule has 0 saturated carbocycles. The highest BCUT2D eigenvalue weighted by molar-refractivity contribution is 7.92. The molecular weight excluding hydrogens is 447 g/mol. The topological polar surface area (TPSA) is 127 Å². The van der Waals surface area contributed by atoms with E-state index in [1.54, 1.807) is 48.5 Å². The van der Waals surface area contributed by atoms with Gasteiger partial charge in [0.15, 0.2) is 0 Å². The number of carbonyl (C=O) groups excluding carboxylic acids is 1. The van der Waals surface area contributed by atoms with E-state index < -0.39 is 10.0 Å². The van der Waals surface area contributed by atoms with Crippen molar-refractivity contribution in [1.29, 1.82) is 0 Å². The molecule has 0 aliphatic heterocycles. The van der Waals surface area contributed by atoms with Crippen molar-refractivity contribution >= 4 is 61.9 Å². The van der Waals surface area contributed by atoms with Crippen LogP contribution in [-0.2, 0) is 10.0 Å². The summed E-state index contributed by atoms with van der Waals surface area (Å²) in [6.45, 7) is 0. The first-order chi connectivity index (χ1) is 14.0. The first-order valence-electron chi connectivity index (χ1n) is 8.49. The van der Waals surface area contributed by atoms with E-state index in [9.17, 15) is 13.2 Å². The molecule has 0 heterocycles. The molecule has 0 bridgehead atoms. The van der Waals surface area contributed by atoms with Gasteiger partial charge in [-0.05, 0) is 48.5 Å². The smallest absolute Gasteiger partial charge is 0.255 e. The second-order valence-electron chi connectivity index (χ2n) is 6.17. The monoisotopic (exact) mass is 466 g/mol. The van der Waals surface area contributed by atoms with Gasteiger partial charge in [0.25, 0.3) is 5.91 Å². The minimum Gasteiger partial charge on any atom is -0.399 e. The van der Waals surface area contributed by atoms with Gasteiger partial charge in [-0.15, -0.1) is 0 Å². The van der Waals surface area contributed by atoms with Crippen molar-refractivity contribution in [3.05, 3.63) is 82.3 Å². The van der Waals surface area contributed by atoms with Crippen LogP contribution in [0.15, 0.2) is 66.7 Å². The van der Waals surface area contributed by atoms with Crippen LogP contribution in [0.1, 0.15) is 10.4 Å². The minimum atomic E-state index is -3.29. The third kappa shape index (κ3) is 7.47. The number of hydrogen-bond donors (Lipinski definition) is 4. The number of amides is 1. The van der Waals surface area contributed by atoms with E-state index in [0.717, 1.165) is 6.26 Å². The summed E-state index contributed by atoms with van der Waals surface area (Å²) < 4.78 is 23.9. The first-order valence-corrected chi connectivity index (χ1v) is 11.1. The fourth-order valence-electron chi connectivity index (χ4n) is 2.23. The van der Waals surface area contributed by atoms with Crippen LogP contribution in [0.3, 0.4) is 0 Å². The summed E-state index contributed by atoms with van der Waals surface area (Å²) in [5.74, 6) is -0.197. The van der Waals surface area contributed by atoms with Gasteiger partial charge in [0, 0.05) is 16.9 Å². The summed E-state index contributed by atoms with van der Waals surface area (Å²) in [5.41, 5.74) is 13.5. The molecular formula is C20H20Cl2N4O3S. The molecule has 0 atom stereocenters. The number of carbonyl (C=O) groups is 1. The van der Waals surface area contributed by atoms with Crippen LogP contribution in [0.2, 0.25) is 10.0 Å². The van der Waals surface area contributed by atoms with E-state index in [0.29, 0.717) is 33.3 Å². The van der Waals surface area contributed by atoms with Gasteiger partial charge in [-0.3, -0.25) is 9.52 Å². The Morgan fingerprint density at radius 1 is 0.833 bits per heavy atom. The third-order valence-electron chi connectivity index (χ3n) is 3.57. The molecule has 3 aromatic carbocycles. The summed E-state index contributed by atoms with van der Waals surface area (Å²) in [6, 6.07) is 18.5. The van der Waals surface area contributed by atoms with Crippen LogP contribution in [0.5, 0.6) is 0 Å². The quantitative estimate of drug-likeness (QED) is 0.421. The van der Waals surface area contributed by atoms with Crippen molar-refractivity contribution in [3.8, 4) is 0 Å². The SMILES string of the molecule is CS(=O)(=O)Nc1ccc(N)cc1Cl.Nc1ccc(NC(=O)c2ccccc2)c(Cl)c1. The summed E-state index contributed by atoms with van der Waals surface area (Å²) >= 11 is 11.7. The zero-order chi connectivity index (χ0) is 22.3. The molecule has 0 saturated heterocycles. The molecule has 30 heavy (non-hydrogen) atoms. The van der Waals surface area contributed by atoms with Crippen molar-refractivity contribution in [2.24, 2.45) is 0 Å². The lowest BCUT2D eigenvalue weighted by molar-refractivity contribution is 0.102. The Morgan fingerprint density at radius 3 is 1.80 bits per heavy atom. The van der Waals surface area contributed by atoms with E-state index in [1.807, 2.05) is 6.07 Å². The number of nitrogens with two attached hydrogens (primary N) is 2. The average Bonchev–Trinajstić information content (AvgIpc) is 2.67. The van der Waals surface area contributed by atoms with Crippen molar-refractivity contribution in [2.75, 3.05) is 27.8 Å². The van der Waals surface area contributed by atoms with E-state index in [1.165, 1.54) is 12.1 Å². The van der Waals surface area contributed by atoms with Gasteiger partial charge in [0.05, 0.1) is 27.7 Å². The predicted octanol–water partition coefficient (Wildman–Crippen LogP) is 4.47. The number of rotatable bonds is 4. The molecule has 0 fully saturated rings. The third-order valence-corrected chi connectivity index (χ3v) is 4.78. The number of halogens is 2. The Balaban J connectivity index is 0.000000222. The molecule has 0 aromatic heterocycles. The first kappa shape index (κ1) is 23.3. The molecule has 10 heteroatoms. The molecule has 6 N–H and O–H groups in total. The molecule has 0 aliphatic rings. The van der Waals surface area contributed by atoms with E-state index in [2.05, 4.69) is 10.0 Å². The van der Waals surface area contributed by atoms with E-state index >= 15 is 0 Å². The van der Waals surface area contributed by atoms with E-state index in [-0.39, 0.29) is 10.9 Å². The molecule has 7 nitrogen and oxygen atoms in total. The maximum absolute atomic E-state index is 11.9. The average molecular weight is 467 g/mol. The number of sulfonamides is 1. The lowest BCUT2D eigenvalue weighted by Gasteiger charge is -2.07. The maximum atomic E-state index is 11.9. The van der Waals surface area contributed by atoms with Gasteiger partial charge in [0.2, 0.25) is 10.0 Å². The Bertz CT molecular complexity index is 1140. The largest absolute Gasteiger partial charge is 0.399 e. The molecule has 3 rings (SSSR count). The van der Waals surface area contributed by atoms with Crippen LogP contribution < -0.4 is 21.5 Å². The standard InChI is InChI=1S/C13H11ClN2O.C7H9ClN2O2S/c14-11-8-10(15)6-7-12(11)16-13(17)9-4-2-1-3-5-9;1-13(11,12)10-7-3-2-5(9)4-6(7)8/h1-8H,15H2,(H,16,17);2-4,10H,9H2,1H3. The lowest BCUT2D eigenvalue weighted by Crippen LogP contribution is -2.11. The highest BCUT2D eigenvalue weighted by atomic mass is 35.5. The second-order valence-corrected chi connectivity index (χ2v) is 8.74. The van der Waals surface area contributed by atoms with Crippen molar-refractivity contribution in [3.63, 3.8) is 0 Å². The fourth-order valence-corrected chi connectivity index (χ4v) is 3.34. The molecule has 3 aromatic rings. The van der Waals surface area contributed by atoms with Crippen molar-refractivity contribution < 1.29 is 13.2 Å². The van der Waals surface area contributed by atoms with Crippen LogP contribution in [0, 0.1) is 0 Å². The summed E-state index contributed by atoms with van der Waals surface area (Å²) in [5, 5.41) is 3.44. The summed E-state index contributed by atoms with van der Waals surface area (Å²) in [7, 11) is -3.29. The summed E-state index contributed by atoms with van der Waals surface area (Å²) in [6.07, 6.45) is 1.06. The maximum Gasteiger partial charge on any atom is 0.255 e. The normalized spacial score (nSPS) is 10.5. The van der Waals surface area contributed by atoms with Crippen molar-refractivity contribution in [1.82, 2.24) is 0 Å². The highest BCUT2D eigenvalue weighted by Gasteiger charge is 2.08. The minimum absolute atomic E-state index is 0.197. The highest BCUT2D eigenvalue weighted by Crippen LogP contribution is 2.25. The number of benzene rings is 3. The van der Waals surface area contributed by atoms with Crippen LogP contribution in [0.25, 0.3) is 0 Å². The second kappa shape index (κ2) is 10.2. The van der Waals surface area contributed by atoms with Crippen LogP contribution in [0.4, 0.5) is 22.7 Å². The number of nitrogens with one attached hydrogen (secondary N) is 2. The van der Waals surface area contributed by atoms with Gasteiger partial charge < -0.3 is 16.8 Å². The number of hydrogen-bond acceptors (Lipinski definition) is 5. The fraction of sp³-hybridized carbons (Fsp3) is 0.0500. The van der Waals surface area contributed by atoms with E-state index in [4.69, 9.17) is 34.7 Å². The molecule has 1 amide bonds. The number of nitrogen functional groups attached to an aromatic ring is 2. The molecule has 158 valence electrons. The molecule has 0 unspecified atom stereocenters. The van der Waals surface area contributed by atoms with Gasteiger partial charge in [-0.1, -0.05) is 41.4 Å². The van der Waals surface area contributed by atoms with Crippen LogP contribution >= 0.6 is 23.2 Å². The lowest BCUT2D eigenvalue weighted by atomic mass is 10.2. The molecule has 0 radical (unpaired) electrons. The zero-order valence-electron chi connectivity index (χ0n) is 15.9. The molecule has 0 aliphatic carbocycles. The Labute approximate surface area is 185 Å².